The standard InChI is InChI=1S/C13H11F3O/c14-13(15,16)11-8-4-3-7-10(11)12(17)9-5-1-2-6-9/h3-5,7-8H,1-2,6H2. The molecule has 0 bridgehead atoms. The molecule has 0 radical (unpaired) electrons. The third-order valence-corrected chi connectivity index (χ3v) is 2.81. The van der Waals surface area contributed by atoms with E-state index >= 15 is 0 Å². The first-order chi connectivity index (χ1) is 8.00. The van der Waals surface area contributed by atoms with Gasteiger partial charge in [-0.1, -0.05) is 24.3 Å². The van der Waals surface area contributed by atoms with Gasteiger partial charge in [-0.3, -0.25) is 4.79 Å². The summed E-state index contributed by atoms with van der Waals surface area (Å²) in [5, 5.41) is 0. The van der Waals surface area contributed by atoms with E-state index < -0.39 is 17.5 Å². The number of carbonyl (C=O) groups is 1. The molecule has 1 nitrogen and oxygen atoms in total. The van der Waals surface area contributed by atoms with Gasteiger partial charge in [0.15, 0.2) is 5.78 Å². The third-order valence-electron chi connectivity index (χ3n) is 2.81. The van der Waals surface area contributed by atoms with Gasteiger partial charge in [-0.05, 0) is 30.9 Å². The molecular formula is C13H11F3O. The fourth-order valence-corrected chi connectivity index (χ4v) is 1.98. The van der Waals surface area contributed by atoms with Crippen molar-refractivity contribution in [1.29, 1.82) is 0 Å². The highest BCUT2D eigenvalue weighted by molar-refractivity contribution is 6.09. The predicted molar refractivity (Wildman–Crippen MR) is 57.7 cm³/mol. The average molecular weight is 240 g/mol. The van der Waals surface area contributed by atoms with Crippen LogP contribution in [0.5, 0.6) is 0 Å². The van der Waals surface area contributed by atoms with Crippen molar-refractivity contribution in [3.05, 3.63) is 47.0 Å². The van der Waals surface area contributed by atoms with Crippen LogP contribution in [0.1, 0.15) is 35.2 Å². The molecule has 0 aliphatic heterocycles. The molecule has 2 rings (SSSR count). The Bertz CT molecular complexity index is 472. The number of benzene rings is 1. The lowest BCUT2D eigenvalue weighted by molar-refractivity contribution is -0.137. The lowest BCUT2D eigenvalue weighted by Crippen LogP contribution is -2.13. The van der Waals surface area contributed by atoms with Crippen molar-refractivity contribution in [2.45, 2.75) is 25.4 Å². The number of rotatable bonds is 2. The van der Waals surface area contributed by atoms with E-state index in [2.05, 4.69) is 0 Å². The molecule has 1 aromatic rings. The summed E-state index contributed by atoms with van der Waals surface area (Å²) in [6, 6.07) is 4.94. The first-order valence-corrected chi connectivity index (χ1v) is 5.40. The van der Waals surface area contributed by atoms with Crippen LogP contribution in [0.2, 0.25) is 0 Å². The monoisotopic (exact) mass is 240 g/mol. The maximum absolute atomic E-state index is 12.7. The number of ketones is 1. The number of hydrogen-bond donors (Lipinski definition) is 0. The molecule has 0 fully saturated rings. The summed E-state index contributed by atoms with van der Waals surface area (Å²) in [7, 11) is 0. The average Bonchev–Trinajstić information content (AvgIpc) is 2.80. The first kappa shape index (κ1) is 11.9. The molecule has 1 aliphatic carbocycles. The van der Waals surface area contributed by atoms with Gasteiger partial charge in [-0.2, -0.15) is 13.2 Å². The predicted octanol–water partition coefficient (Wildman–Crippen LogP) is 4.00. The summed E-state index contributed by atoms with van der Waals surface area (Å²) >= 11 is 0. The summed E-state index contributed by atoms with van der Waals surface area (Å²) in [6.07, 6.45) is -0.559. The number of hydrogen-bond acceptors (Lipinski definition) is 1. The molecule has 0 spiro atoms. The van der Waals surface area contributed by atoms with Crippen LogP contribution in [-0.4, -0.2) is 5.78 Å². The van der Waals surface area contributed by atoms with Crippen LogP contribution in [0.3, 0.4) is 0 Å². The lowest BCUT2D eigenvalue weighted by Gasteiger charge is -2.11. The maximum Gasteiger partial charge on any atom is 0.417 e. The largest absolute Gasteiger partial charge is 0.417 e. The van der Waals surface area contributed by atoms with Gasteiger partial charge in [0.25, 0.3) is 0 Å². The van der Waals surface area contributed by atoms with Gasteiger partial charge in [0.05, 0.1) is 5.56 Å². The molecule has 0 unspecified atom stereocenters. The Morgan fingerprint density at radius 1 is 1.18 bits per heavy atom. The van der Waals surface area contributed by atoms with Gasteiger partial charge < -0.3 is 0 Å². The zero-order valence-electron chi connectivity index (χ0n) is 9.05. The molecular weight excluding hydrogens is 229 g/mol. The summed E-state index contributed by atoms with van der Waals surface area (Å²) in [6.45, 7) is 0. The molecule has 90 valence electrons. The Morgan fingerprint density at radius 2 is 1.88 bits per heavy atom. The lowest BCUT2D eigenvalue weighted by atomic mass is 9.98. The Morgan fingerprint density at radius 3 is 2.47 bits per heavy atom. The van der Waals surface area contributed by atoms with E-state index in [9.17, 15) is 18.0 Å². The fraction of sp³-hybridized carbons (Fsp3) is 0.308. The van der Waals surface area contributed by atoms with Gasteiger partial charge in [-0.15, -0.1) is 0 Å². The second-order valence-electron chi connectivity index (χ2n) is 3.99. The number of halogens is 3. The van der Waals surface area contributed by atoms with Crippen molar-refractivity contribution < 1.29 is 18.0 Å². The molecule has 0 heterocycles. The highest BCUT2D eigenvalue weighted by Gasteiger charge is 2.35. The topological polar surface area (TPSA) is 17.1 Å². The van der Waals surface area contributed by atoms with Crippen molar-refractivity contribution in [2.75, 3.05) is 0 Å². The number of allylic oxidation sites excluding steroid dienone is 2. The van der Waals surface area contributed by atoms with E-state index in [4.69, 9.17) is 0 Å². The number of Topliss-reactive ketones (excluding diaryl/α,β-unsaturated/α-hetero) is 1. The normalized spacial score (nSPS) is 15.8. The first-order valence-electron chi connectivity index (χ1n) is 5.40. The van der Waals surface area contributed by atoms with Crippen LogP contribution < -0.4 is 0 Å². The minimum absolute atomic E-state index is 0.242. The molecule has 0 saturated heterocycles. The second kappa shape index (κ2) is 4.35. The minimum atomic E-state index is -4.48. The summed E-state index contributed by atoms with van der Waals surface area (Å²) in [4.78, 5) is 11.9. The Balaban J connectivity index is 2.42. The zero-order chi connectivity index (χ0) is 12.5. The molecule has 1 aromatic carbocycles. The molecule has 0 N–H and O–H groups in total. The minimum Gasteiger partial charge on any atom is -0.289 e. The number of carbonyl (C=O) groups excluding carboxylic acids is 1. The molecule has 0 aromatic heterocycles. The number of alkyl halides is 3. The van der Waals surface area contributed by atoms with E-state index in [0.717, 1.165) is 18.9 Å². The van der Waals surface area contributed by atoms with Crippen molar-refractivity contribution in [1.82, 2.24) is 0 Å². The molecule has 1 aliphatic rings. The van der Waals surface area contributed by atoms with Crippen molar-refractivity contribution in [2.24, 2.45) is 0 Å². The van der Waals surface area contributed by atoms with Crippen LogP contribution in [-0.2, 0) is 6.18 Å². The maximum atomic E-state index is 12.7. The fourth-order valence-electron chi connectivity index (χ4n) is 1.98. The van der Waals surface area contributed by atoms with E-state index in [1.165, 1.54) is 18.2 Å². The Kier molecular flexibility index (Phi) is 3.05. The highest BCUT2D eigenvalue weighted by Crippen LogP contribution is 2.34. The molecule has 0 atom stereocenters. The molecule has 0 amide bonds. The molecule has 4 heteroatoms. The molecule has 0 saturated carbocycles. The summed E-state index contributed by atoms with van der Waals surface area (Å²) < 4.78 is 38.2. The van der Waals surface area contributed by atoms with Gasteiger partial charge in [0, 0.05) is 5.56 Å². The van der Waals surface area contributed by atoms with Gasteiger partial charge in [0.1, 0.15) is 0 Å². The third kappa shape index (κ3) is 2.40. The Labute approximate surface area is 96.9 Å². The van der Waals surface area contributed by atoms with Gasteiger partial charge >= 0.3 is 6.18 Å². The SMILES string of the molecule is O=C(C1=CCCC1)c1ccccc1C(F)(F)F. The quantitative estimate of drug-likeness (QED) is 0.714. The summed E-state index contributed by atoms with van der Waals surface area (Å²) in [5.74, 6) is -0.490. The van der Waals surface area contributed by atoms with E-state index in [0.29, 0.717) is 12.0 Å². The van der Waals surface area contributed by atoms with Crippen LogP contribution in [0, 0.1) is 0 Å². The van der Waals surface area contributed by atoms with Crippen molar-refractivity contribution in [3.63, 3.8) is 0 Å². The van der Waals surface area contributed by atoms with E-state index in [1.54, 1.807) is 6.08 Å². The van der Waals surface area contributed by atoms with Crippen molar-refractivity contribution in [3.8, 4) is 0 Å². The van der Waals surface area contributed by atoms with E-state index in [-0.39, 0.29) is 5.56 Å². The van der Waals surface area contributed by atoms with E-state index in [1.807, 2.05) is 0 Å². The van der Waals surface area contributed by atoms with Crippen LogP contribution >= 0.6 is 0 Å². The zero-order valence-corrected chi connectivity index (χ0v) is 9.05. The highest BCUT2D eigenvalue weighted by atomic mass is 19.4. The molecule has 17 heavy (non-hydrogen) atoms. The van der Waals surface area contributed by atoms with Crippen LogP contribution in [0.25, 0.3) is 0 Å². The Hall–Kier alpha value is -1.58. The van der Waals surface area contributed by atoms with Crippen LogP contribution in [0.15, 0.2) is 35.9 Å². The second-order valence-corrected chi connectivity index (χ2v) is 3.99. The van der Waals surface area contributed by atoms with Crippen molar-refractivity contribution >= 4 is 5.78 Å². The van der Waals surface area contributed by atoms with Gasteiger partial charge in [0.2, 0.25) is 0 Å². The smallest absolute Gasteiger partial charge is 0.289 e. The summed E-state index contributed by atoms with van der Waals surface area (Å²) in [5.41, 5.74) is -0.590. The van der Waals surface area contributed by atoms with Crippen LogP contribution in [0.4, 0.5) is 13.2 Å². The van der Waals surface area contributed by atoms with Gasteiger partial charge in [-0.25, -0.2) is 0 Å².